The molecule has 0 unspecified atom stereocenters. The number of carbonyl (C=O) groups is 1. The molecule has 0 bridgehead atoms. The molecule has 1 aromatic carbocycles. The fourth-order valence-electron chi connectivity index (χ4n) is 3.10. The minimum absolute atomic E-state index is 0.0327. The molecule has 0 saturated heterocycles. The van der Waals surface area contributed by atoms with Crippen molar-refractivity contribution in [3.05, 3.63) is 35.9 Å². The number of amides is 1. The van der Waals surface area contributed by atoms with Gasteiger partial charge in [-0.25, -0.2) is 5.43 Å². The highest BCUT2D eigenvalue weighted by atomic mass is 16.2. The van der Waals surface area contributed by atoms with E-state index in [2.05, 4.69) is 31.3 Å². The molecule has 0 spiro atoms. The topological polar surface area (TPSA) is 41.5 Å². The van der Waals surface area contributed by atoms with Crippen molar-refractivity contribution < 1.29 is 4.79 Å². The summed E-state index contributed by atoms with van der Waals surface area (Å²) in [6.07, 6.45) is 6.02. The second-order valence-corrected chi connectivity index (χ2v) is 6.99. The van der Waals surface area contributed by atoms with Crippen LogP contribution in [0.25, 0.3) is 0 Å². The van der Waals surface area contributed by atoms with E-state index in [0.717, 1.165) is 30.0 Å². The number of nitrogens with one attached hydrogen (secondary N) is 1. The smallest absolute Gasteiger partial charge is 0.244 e. The van der Waals surface area contributed by atoms with Crippen molar-refractivity contribution in [1.82, 2.24) is 5.43 Å². The summed E-state index contributed by atoms with van der Waals surface area (Å²) >= 11 is 0. The quantitative estimate of drug-likeness (QED) is 0.808. The third-order valence-electron chi connectivity index (χ3n) is 5.13. The summed E-state index contributed by atoms with van der Waals surface area (Å²) in [7, 11) is 0. The van der Waals surface area contributed by atoms with Gasteiger partial charge in [-0.3, -0.25) is 4.79 Å². The van der Waals surface area contributed by atoms with Gasteiger partial charge in [-0.2, -0.15) is 5.10 Å². The van der Waals surface area contributed by atoms with Gasteiger partial charge >= 0.3 is 0 Å². The van der Waals surface area contributed by atoms with Gasteiger partial charge in [0.15, 0.2) is 0 Å². The number of hydrazone groups is 1. The summed E-state index contributed by atoms with van der Waals surface area (Å²) < 4.78 is 0. The van der Waals surface area contributed by atoms with Gasteiger partial charge in [0.25, 0.3) is 0 Å². The van der Waals surface area contributed by atoms with E-state index in [1.54, 1.807) is 0 Å². The SMILES string of the molecule is CCC(C)(C)C1CCC(=NNC(=O)Cc2ccccc2)CC1. The summed E-state index contributed by atoms with van der Waals surface area (Å²) in [4.78, 5) is 11.9. The summed E-state index contributed by atoms with van der Waals surface area (Å²) in [6, 6.07) is 9.78. The molecule has 120 valence electrons. The number of rotatable bonds is 5. The lowest BCUT2D eigenvalue weighted by Crippen LogP contribution is -2.29. The van der Waals surface area contributed by atoms with E-state index in [4.69, 9.17) is 0 Å². The highest BCUT2D eigenvalue weighted by molar-refractivity contribution is 5.87. The molecule has 0 atom stereocenters. The Labute approximate surface area is 134 Å². The molecular formula is C19H28N2O. The maximum absolute atomic E-state index is 11.9. The minimum atomic E-state index is -0.0327. The van der Waals surface area contributed by atoms with Crippen molar-refractivity contribution >= 4 is 11.6 Å². The van der Waals surface area contributed by atoms with Crippen LogP contribution >= 0.6 is 0 Å². The van der Waals surface area contributed by atoms with Gasteiger partial charge < -0.3 is 0 Å². The normalized spacial score (nSPS) is 18.9. The molecule has 3 nitrogen and oxygen atoms in total. The maximum Gasteiger partial charge on any atom is 0.244 e. The number of hydrogen-bond donors (Lipinski definition) is 1. The van der Waals surface area contributed by atoms with Crippen LogP contribution in [0.5, 0.6) is 0 Å². The van der Waals surface area contributed by atoms with Crippen LogP contribution in [0.4, 0.5) is 0 Å². The van der Waals surface area contributed by atoms with E-state index >= 15 is 0 Å². The van der Waals surface area contributed by atoms with Crippen molar-refractivity contribution in [1.29, 1.82) is 0 Å². The summed E-state index contributed by atoms with van der Waals surface area (Å²) in [6.45, 7) is 7.00. The largest absolute Gasteiger partial charge is 0.273 e. The van der Waals surface area contributed by atoms with Crippen LogP contribution in [0.1, 0.15) is 58.4 Å². The average molecular weight is 300 g/mol. The molecule has 1 amide bonds. The first-order chi connectivity index (χ1) is 10.5. The minimum Gasteiger partial charge on any atom is -0.273 e. The van der Waals surface area contributed by atoms with Gasteiger partial charge in [0.05, 0.1) is 6.42 Å². The zero-order valence-electron chi connectivity index (χ0n) is 14.1. The van der Waals surface area contributed by atoms with Crippen LogP contribution in [0.15, 0.2) is 35.4 Å². The third kappa shape index (κ3) is 4.69. The fraction of sp³-hybridized carbons (Fsp3) is 0.579. The van der Waals surface area contributed by atoms with E-state index in [9.17, 15) is 4.79 Å². The maximum atomic E-state index is 11.9. The Hall–Kier alpha value is -1.64. The molecule has 0 heterocycles. The Bertz CT molecular complexity index is 509. The van der Waals surface area contributed by atoms with E-state index in [1.165, 1.54) is 19.3 Å². The Morgan fingerprint density at radius 2 is 1.86 bits per heavy atom. The van der Waals surface area contributed by atoms with Crippen molar-refractivity contribution in [3.63, 3.8) is 0 Å². The van der Waals surface area contributed by atoms with Crippen molar-refractivity contribution in [2.45, 2.75) is 59.3 Å². The molecule has 3 heteroatoms. The van der Waals surface area contributed by atoms with Crippen molar-refractivity contribution in [3.8, 4) is 0 Å². The lowest BCUT2D eigenvalue weighted by Gasteiger charge is -2.36. The van der Waals surface area contributed by atoms with Gasteiger partial charge in [-0.1, -0.05) is 57.5 Å². The molecule has 0 radical (unpaired) electrons. The first-order valence-corrected chi connectivity index (χ1v) is 8.39. The number of carbonyl (C=O) groups excluding carboxylic acids is 1. The van der Waals surface area contributed by atoms with Crippen molar-refractivity contribution in [2.24, 2.45) is 16.4 Å². The van der Waals surface area contributed by atoms with E-state index in [-0.39, 0.29) is 5.91 Å². The molecule has 0 aliphatic heterocycles. The predicted molar refractivity (Wildman–Crippen MR) is 91.8 cm³/mol. The second kappa shape index (κ2) is 7.57. The van der Waals surface area contributed by atoms with Gasteiger partial charge in [0, 0.05) is 5.71 Å². The molecule has 1 N–H and O–H groups in total. The lowest BCUT2D eigenvalue weighted by molar-refractivity contribution is -0.120. The molecule has 1 saturated carbocycles. The Kier molecular flexibility index (Phi) is 5.76. The van der Waals surface area contributed by atoms with E-state index in [0.29, 0.717) is 11.8 Å². The van der Waals surface area contributed by atoms with Gasteiger partial charge in [0.2, 0.25) is 5.91 Å². The highest BCUT2D eigenvalue weighted by Crippen LogP contribution is 2.39. The molecule has 1 aliphatic carbocycles. The first-order valence-electron chi connectivity index (χ1n) is 8.39. The van der Waals surface area contributed by atoms with Crippen LogP contribution in [0, 0.1) is 11.3 Å². The van der Waals surface area contributed by atoms with E-state index in [1.807, 2.05) is 30.3 Å². The predicted octanol–water partition coefficient (Wildman–Crippen LogP) is 4.33. The Morgan fingerprint density at radius 3 is 2.45 bits per heavy atom. The monoisotopic (exact) mass is 300 g/mol. The molecule has 1 aromatic rings. The van der Waals surface area contributed by atoms with Crippen LogP contribution in [0.2, 0.25) is 0 Å². The zero-order valence-corrected chi connectivity index (χ0v) is 14.1. The van der Waals surface area contributed by atoms with Crippen LogP contribution < -0.4 is 5.43 Å². The Balaban J connectivity index is 1.79. The number of benzene rings is 1. The second-order valence-electron chi connectivity index (χ2n) is 6.99. The fourth-order valence-corrected chi connectivity index (χ4v) is 3.10. The Morgan fingerprint density at radius 1 is 1.23 bits per heavy atom. The van der Waals surface area contributed by atoms with Gasteiger partial charge in [-0.05, 0) is 42.6 Å². The van der Waals surface area contributed by atoms with E-state index < -0.39 is 0 Å². The molecule has 22 heavy (non-hydrogen) atoms. The number of nitrogens with zero attached hydrogens (tertiary/aromatic N) is 1. The molecule has 0 aromatic heterocycles. The summed E-state index contributed by atoms with van der Waals surface area (Å²) in [5.74, 6) is 0.742. The lowest BCUT2D eigenvalue weighted by atomic mass is 9.69. The summed E-state index contributed by atoms with van der Waals surface area (Å²) in [5, 5.41) is 4.34. The zero-order chi connectivity index (χ0) is 16.0. The van der Waals surface area contributed by atoms with Crippen LogP contribution in [-0.2, 0) is 11.2 Å². The van der Waals surface area contributed by atoms with Gasteiger partial charge in [0.1, 0.15) is 0 Å². The van der Waals surface area contributed by atoms with Crippen LogP contribution in [-0.4, -0.2) is 11.6 Å². The molecule has 1 aliphatic rings. The standard InChI is InChI=1S/C19H28N2O/c1-4-19(2,3)16-10-12-17(13-11-16)20-21-18(22)14-15-8-6-5-7-9-15/h5-9,16H,4,10-14H2,1-3H3,(H,21,22). The summed E-state index contributed by atoms with van der Waals surface area (Å²) in [5.41, 5.74) is 5.30. The third-order valence-corrected chi connectivity index (χ3v) is 5.13. The number of hydrogen-bond acceptors (Lipinski definition) is 2. The molecule has 2 rings (SSSR count). The molecule has 1 fully saturated rings. The highest BCUT2D eigenvalue weighted by Gasteiger charge is 2.30. The molecular weight excluding hydrogens is 272 g/mol. The average Bonchev–Trinajstić information content (AvgIpc) is 2.54. The van der Waals surface area contributed by atoms with Gasteiger partial charge in [-0.15, -0.1) is 0 Å². The first kappa shape index (κ1) is 16.7. The van der Waals surface area contributed by atoms with Crippen molar-refractivity contribution in [2.75, 3.05) is 0 Å². The van der Waals surface area contributed by atoms with Crippen LogP contribution in [0.3, 0.4) is 0 Å².